The van der Waals surface area contributed by atoms with Gasteiger partial charge in [-0.2, -0.15) is 0 Å². The molecule has 2 nitrogen and oxygen atoms in total. The highest BCUT2D eigenvalue weighted by Crippen LogP contribution is 2.29. The molecule has 1 saturated carbocycles. The summed E-state index contributed by atoms with van der Waals surface area (Å²) in [6.45, 7) is 2.09. The summed E-state index contributed by atoms with van der Waals surface area (Å²) in [6, 6.07) is 6.57. The van der Waals surface area contributed by atoms with E-state index in [2.05, 4.69) is 24.9 Å². The molecule has 0 amide bonds. The van der Waals surface area contributed by atoms with Crippen LogP contribution in [-0.2, 0) is 0 Å². The Kier molecular flexibility index (Phi) is 3.95. The lowest BCUT2D eigenvalue weighted by Gasteiger charge is -2.35. The van der Waals surface area contributed by atoms with E-state index in [4.69, 9.17) is 11.6 Å². The Morgan fingerprint density at radius 3 is 2.47 bits per heavy atom. The Balaban J connectivity index is 2.11. The molecule has 1 aromatic rings. The van der Waals surface area contributed by atoms with E-state index in [1.165, 1.54) is 11.3 Å². The maximum Gasteiger partial charge on any atom is 0.0541 e. The van der Waals surface area contributed by atoms with Crippen molar-refractivity contribution in [3.05, 3.63) is 28.8 Å². The van der Waals surface area contributed by atoms with Gasteiger partial charge in [0.2, 0.25) is 0 Å². The van der Waals surface area contributed by atoms with Crippen molar-refractivity contribution >= 4 is 17.3 Å². The van der Waals surface area contributed by atoms with Gasteiger partial charge in [0.25, 0.3) is 0 Å². The van der Waals surface area contributed by atoms with Crippen molar-refractivity contribution in [2.75, 3.05) is 11.9 Å². The average Bonchev–Trinajstić information content (AvgIpc) is 2.29. The molecule has 0 aromatic heterocycles. The molecule has 0 atom stereocenters. The average molecular weight is 254 g/mol. The zero-order chi connectivity index (χ0) is 12.4. The van der Waals surface area contributed by atoms with Gasteiger partial charge in [-0.3, -0.25) is 0 Å². The zero-order valence-electron chi connectivity index (χ0n) is 10.5. The molecule has 1 aliphatic carbocycles. The topological polar surface area (TPSA) is 23.5 Å². The van der Waals surface area contributed by atoms with Gasteiger partial charge >= 0.3 is 0 Å². The molecule has 0 saturated heterocycles. The molecule has 0 aliphatic heterocycles. The highest BCUT2D eigenvalue weighted by atomic mass is 35.5. The number of benzene rings is 1. The van der Waals surface area contributed by atoms with Crippen LogP contribution in [0.4, 0.5) is 5.69 Å². The fourth-order valence-corrected chi connectivity index (χ4v) is 2.88. The van der Waals surface area contributed by atoms with Crippen LogP contribution in [0.15, 0.2) is 18.2 Å². The Bertz CT molecular complexity index is 386. The SMILES string of the molecule is Cc1cc(Cl)ccc1N(C)C1CCC(O)CC1. The van der Waals surface area contributed by atoms with Crippen molar-refractivity contribution in [1.29, 1.82) is 0 Å². The van der Waals surface area contributed by atoms with Crippen LogP contribution in [0.2, 0.25) is 5.02 Å². The van der Waals surface area contributed by atoms with E-state index in [9.17, 15) is 5.11 Å². The number of halogens is 1. The lowest BCUT2D eigenvalue weighted by Crippen LogP contribution is -2.36. The van der Waals surface area contributed by atoms with Gasteiger partial charge in [-0.25, -0.2) is 0 Å². The Morgan fingerprint density at radius 2 is 1.88 bits per heavy atom. The number of hydrogen-bond donors (Lipinski definition) is 1. The third-order valence-corrected chi connectivity index (χ3v) is 3.99. The smallest absolute Gasteiger partial charge is 0.0541 e. The van der Waals surface area contributed by atoms with Gasteiger partial charge in [0.15, 0.2) is 0 Å². The summed E-state index contributed by atoms with van der Waals surface area (Å²) in [4.78, 5) is 2.33. The molecule has 0 bridgehead atoms. The van der Waals surface area contributed by atoms with Crippen LogP contribution in [-0.4, -0.2) is 24.3 Å². The predicted octanol–water partition coefficient (Wildman–Crippen LogP) is 3.39. The van der Waals surface area contributed by atoms with Gasteiger partial charge < -0.3 is 10.0 Å². The second-order valence-corrected chi connectivity index (χ2v) is 5.44. The fraction of sp³-hybridized carbons (Fsp3) is 0.571. The second kappa shape index (κ2) is 5.28. The highest BCUT2D eigenvalue weighted by Gasteiger charge is 2.23. The van der Waals surface area contributed by atoms with Gasteiger partial charge in [-0.1, -0.05) is 11.6 Å². The Hall–Kier alpha value is -0.730. The normalized spacial score (nSPS) is 24.7. The molecule has 1 fully saturated rings. The molecule has 0 heterocycles. The van der Waals surface area contributed by atoms with E-state index in [1.54, 1.807) is 0 Å². The fourth-order valence-electron chi connectivity index (χ4n) is 2.66. The molecule has 0 radical (unpaired) electrons. The van der Waals surface area contributed by atoms with Gasteiger partial charge in [-0.05, 0) is 56.4 Å². The third-order valence-electron chi connectivity index (χ3n) is 3.75. The molecule has 1 aromatic carbocycles. The van der Waals surface area contributed by atoms with Crippen molar-refractivity contribution in [2.24, 2.45) is 0 Å². The zero-order valence-corrected chi connectivity index (χ0v) is 11.2. The number of hydrogen-bond acceptors (Lipinski definition) is 2. The van der Waals surface area contributed by atoms with Crippen molar-refractivity contribution in [3.8, 4) is 0 Å². The standard InChI is InChI=1S/C14H20ClNO/c1-10-9-11(15)3-8-14(10)16(2)12-4-6-13(17)7-5-12/h3,8-9,12-13,17H,4-7H2,1-2H3. The summed E-state index contributed by atoms with van der Waals surface area (Å²) >= 11 is 5.97. The van der Waals surface area contributed by atoms with Crippen LogP contribution in [0.1, 0.15) is 31.2 Å². The summed E-state index contributed by atoms with van der Waals surface area (Å²) in [5, 5.41) is 10.3. The highest BCUT2D eigenvalue weighted by molar-refractivity contribution is 6.30. The minimum Gasteiger partial charge on any atom is -0.393 e. The van der Waals surface area contributed by atoms with Crippen LogP contribution in [0, 0.1) is 6.92 Å². The molecule has 0 spiro atoms. The third kappa shape index (κ3) is 2.93. The lowest BCUT2D eigenvalue weighted by molar-refractivity contribution is 0.122. The predicted molar refractivity (Wildman–Crippen MR) is 72.9 cm³/mol. The Morgan fingerprint density at radius 1 is 1.24 bits per heavy atom. The quantitative estimate of drug-likeness (QED) is 0.873. The molecule has 1 aliphatic rings. The van der Waals surface area contributed by atoms with E-state index >= 15 is 0 Å². The molecular formula is C14H20ClNO. The van der Waals surface area contributed by atoms with Crippen LogP contribution in [0.25, 0.3) is 0 Å². The number of rotatable bonds is 2. The molecule has 0 unspecified atom stereocenters. The van der Waals surface area contributed by atoms with Crippen molar-refractivity contribution in [3.63, 3.8) is 0 Å². The number of anilines is 1. The number of aliphatic hydroxyl groups is 1. The van der Waals surface area contributed by atoms with E-state index in [0.29, 0.717) is 6.04 Å². The first kappa shape index (κ1) is 12.7. The van der Waals surface area contributed by atoms with Gasteiger partial charge in [0.1, 0.15) is 0 Å². The molecule has 17 heavy (non-hydrogen) atoms. The maximum atomic E-state index is 9.53. The van der Waals surface area contributed by atoms with E-state index < -0.39 is 0 Å². The van der Waals surface area contributed by atoms with Crippen molar-refractivity contribution < 1.29 is 5.11 Å². The molecule has 3 heteroatoms. The molecule has 1 N–H and O–H groups in total. The molecular weight excluding hydrogens is 234 g/mol. The number of aryl methyl sites for hydroxylation is 1. The first-order valence-corrected chi connectivity index (χ1v) is 6.63. The summed E-state index contributed by atoms with van der Waals surface area (Å²) in [5.74, 6) is 0. The van der Waals surface area contributed by atoms with E-state index in [-0.39, 0.29) is 6.10 Å². The summed E-state index contributed by atoms with van der Waals surface area (Å²) in [7, 11) is 2.14. The first-order chi connectivity index (χ1) is 8.08. The van der Waals surface area contributed by atoms with Gasteiger partial charge in [0, 0.05) is 23.8 Å². The number of aliphatic hydroxyl groups excluding tert-OH is 1. The first-order valence-electron chi connectivity index (χ1n) is 6.25. The van der Waals surface area contributed by atoms with Gasteiger partial charge in [-0.15, -0.1) is 0 Å². The van der Waals surface area contributed by atoms with Crippen LogP contribution < -0.4 is 4.90 Å². The maximum absolute atomic E-state index is 9.53. The van der Waals surface area contributed by atoms with Crippen molar-refractivity contribution in [2.45, 2.75) is 44.8 Å². The second-order valence-electron chi connectivity index (χ2n) is 5.00. The van der Waals surface area contributed by atoms with Crippen LogP contribution in [0.3, 0.4) is 0 Å². The molecule has 2 rings (SSSR count). The van der Waals surface area contributed by atoms with E-state index in [0.717, 1.165) is 30.7 Å². The van der Waals surface area contributed by atoms with Crippen LogP contribution >= 0.6 is 11.6 Å². The summed E-state index contributed by atoms with van der Waals surface area (Å²) in [5.41, 5.74) is 2.46. The number of nitrogens with zero attached hydrogens (tertiary/aromatic N) is 1. The lowest BCUT2D eigenvalue weighted by atomic mass is 9.91. The monoisotopic (exact) mass is 253 g/mol. The van der Waals surface area contributed by atoms with Gasteiger partial charge in [0.05, 0.1) is 6.10 Å². The van der Waals surface area contributed by atoms with E-state index in [1.807, 2.05) is 12.1 Å². The van der Waals surface area contributed by atoms with Crippen molar-refractivity contribution in [1.82, 2.24) is 0 Å². The Labute approximate surface area is 108 Å². The molecule has 94 valence electrons. The summed E-state index contributed by atoms with van der Waals surface area (Å²) < 4.78 is 0. The van der Waals surface area contributed by atoms with Crippen LogP contribution in [0.5, 0.6) is 0 Å². The minimum atomic E-state index is -0.0917. The summed E-state index contributed by atoms with van der Waals surface area (Å²) in [6.07, 6.45) is 3.88. The minimum absolute atomic E-state index is 0.0917. The largest absolute Gasteiger partial charge is 0.393 e.